The van der Waals surface area contributed by atoms with Gasteiger partial charge in [0.15, 0.2) is 6.61 Å². The second-order valence-corrected chi connectivity index (χ2v) is 7.42. The summed E-state index contributed by atoms with van der Waals surface area (Å²) in [6, 6.07) is 24.0. The predicted octanol–water partition coefficient (Wildman–Crippen LogP) is 3.03. The number of esters is 1. The zero-order chi connectivity index (χ0) is 24.5. The minimum Gasteiger partial charge on any atom is -0.452 e. The number of rotatable bonds is 9. The number of primary amides is 1. The van der Waals surface area contributed by atoms with Gasteiger partial charge in [-0.2, -0.15) is 0 Å². The van der Waals surface area contributed by atoms with Crippen LogP contribution in [0.3, 0.4) is 0 Å². The van der Waals surface area contributed by atoms with E-state index in [1.54, 1.807) is 61.6 Å². The summed E-state index contributed by atoms with van der Waals surface area (Å²) in [5, 5.41) is 0. The van der Waals surface area contributed by atoms with Crippen LogP contribution < -0.4 is 15.5 Å². The third kappa shape index (κ3) is 6.07. The van der Waals surface area contributed by atoms with Gasteiger partial charge >= 0.3 is 5.97 Å². The average Bonchev–Trinajstić information content (AvgIpc) is 2.87. The van der Waals surface area contributed by atoms with Gasteiger partial charge in [-0.1, -0.05) is 48.5 Å². The number of ether oxygens (including phenoxy) is 1. The van der Waals surface area contributed by atoms with Crippen molar-refractivity contribution in [2.75, 3.05) is 30.0 Å². The molecule has 3 aromatic carbocycles. The number of hydrogen-bond acceptors (Lipinski definition) is 5. The molecule has 3 rings (SSSR count). The lowest BCUT2D eigenvalue weighted by atomic mass is 10.1. The quantitative estimate of drug-likeness (QED) is 0.495. The maximum absolute atomic E-state index is 13.0. The lowest BCUT2D eigenvalue weighted by Gasteiger charge is -2.22. The molecule has 0 saturated heterocycles. The molecule has 8 nitrogen and oxygen atoms in total. The van der Waals surface area contributed by atoms with E-state index in [1.807, 2.05) is 18.2 Å². The minimum atomic E-state index is -0.804. The Balaban J connectivity index is 1.73. The maximum Gasteiger partial charge on any atom is 0.339 e. The Morgan fingerprint density at radius 3 is 1.88 bits per heavy atom. The van der Waals surface area contributed by atoms with Crippen LogP contribution in [0.25, 0.3) is 0 Å². The molecule has 0 spiro atoms. The van der Waals surface area contributed by atoms with Gasteiger partial charge in [0.05, 0.1) is 11.1 Å². The van der Waals surface area contributed by atoms with Crippen molar-refractivity contribution in [3.63, 3.8) is 0 Å². The zero-order valence-electron chi connectivity index (χ0n) is 18.7. The van der Waals surface area contributed by atoms with E-state index in [0.717, 1.165) is 0 Å². The summed E-state index contributed by atoms with van der Waals surface area (Å²) in [7, 11) is 1.61. The van der Waals surface area contributed by atoms with E-state index < -0.39 is 30.3 Å². The molecule has 0 aliphatic carbocycles. The first kappa shape index (κ1) is 24.2. The number of para-hydroxylation sites is 2. The highest BCUT2D eigenvalue weighted by atomic mass is 16.5. The lowest BCUT2D eigenvalue weighted by Crippen LogP contribution is -2.37. The van der Waals surface area contributed by atoms with E-state index in [-0.39, 0.29) is 24.1 Å². The molecule has 2 N–H and O–H groups in total. The third-order valence-electron chi connectivity index (χ3n) is 5.10. The van der Waals surface area contributed by atoms with Crippen molar-refractivity contribution in [1.29, 1.82) is 0 Å². The van der Waals surface area contributed by atoms with Gasteiger partial charge in [-0.25, -0.2) is 4.79 Å². The van der Waals surface area contributed by atoms with Crippen LogP contribution in [0.1, 0.15) is 27.1 Å². The summed E-state index contributed by atoms with van der Waals surface area (Å²) in [5.74, 6) is -2.27. The first-order valence-corrected chi connectivity index (χ1v) is 10.6. The van der Waals surface area contributed by atoms with Crippen LogP contribution >= 0.6 is 0 Å². The summed E-state index contributed by atoms with van der Waals surface area (Å²) in [5.41, 5.74) is 6.64. The van der Waals surface area contributed by atoms with E-state index in [1.165, 1.54) is 21.9 Å². The number of nitrogens with zero attached hydrogens (tertiary/aromatic N) is 2. The van der Waals surface area contributed by atoms with Gasteiger partial charge in [-0.05, 0) is 36.4 Å². The van der Waals surface area contributed by atoms with Crippen molar-refractivity contribution < 1.29 is 23.9 Å². The van der Waals surface area contributed by atoms with Crippen molar-refractivity contribution in [3.8, 4) is 0 Å². The standard InChI is InChI=1S/C26H25N3O5/c1-28(19-10-4-2-5-11-19)25(32)21-14-8-9-15-22(21)26(33)34-18-24(31)29(17-16-23(27)30)20-12-6-3-7-13-20/h2-15H,16-18H2,1H3,(H2,27,30). The number of amides is 3. The van der Waals surface area contributed by atoms with Crippen molar-refractivity contribution in [3.05, 3.63) is 96.1 Å². The first-order valence-electron chi connectivity index (χ1n) is 10.6. The molecule has 174 valence electrons. The molecule has 0 atom stereocenters. The van der Waals surface area contributed by atoms with Crippen molar-refractivity contribution in [1.82, 2.24) is 0 Å². The monoisotopic (exact) mass is 459 g/mol. The molecule has 3 aromatic rings. The number of benzene rings is 3. The van der Waals surface area contributed by atoms with Crippen LogP contribution in [0.4, 0.5) is 11.4 Å². The van der Waals surface area contributed by atoms with E-state index in [2.05, 4.69) is 0 Å². The summed E-state index contributed by atoms with van der Waals surface area (Å²) in [6.07, 6.45) is -0.0439. The number of hydrogen-bond donors (Lipinski definition) is 1. The van der Waals surface area contributed by atoms with Crippen LogP contribution in [0.5, 0.6) is 0 Å². The summed E-state index contributed by atoms with van der Waals surface area (Å²) in [6.45, 7) is -0.518. The van der Waals surface area contributed by atoms with Crippen LogP contribution in [0.2, 0.25) is 0 Å². The van der Waals surface area contributed by atoms with Crippen LogP contribution in [0.15, 0.2) is 84.9 Å². The molecular weight excluding hydrogens is 434 g/mol. The van der Waals surface area contributed by atoms with Gasteiger partial charge < -0.3 is 20.3 Å². The highest BCUT2D eigenvalue weighted by molar-refractivity contribution is 6.12. The van der Waals surface area contributed by atoms with Crippen LogP contribution in [0, 0.1) is 0 Å². The molecule has 0 saturated carbocycles. The molecular formula is C26H25N3O5. The van der Waals surface area contributed by atoms with E-state index in [4.69, 9.17) is 10.5 Å². The molecule has 0 bridgehead atoms. The Kier molecular flexibility index (Phi) is 8.12. The topological polar surface area (TPSA) is 110 Å². The molecule has 0 aliphatic heterocycles. The van der Waals surface area contributed by atoms with Crippen molar-refractivity contribution in [2.45, 2.75) is 6.42 Å². The van der Waals surface area contributed by atoms with Crippen LogP contribution in [-0.2, 0) is 14.3 Å². The Morgan fingerprint density at radius 1 is 0.765 bits per heavy atom. The smallest absolute Gasteiger partial charge is 0.339 e. The van der Waals surface area contributed by atoms with Gasteiger partial charge in [0.1, 0.15) is 0 Å². The van der Waals surface area contributed by atoms with Gasteiger partial charge in [0.2, 0.25) is 5.91 Å². The van der Waals surface area contributed by atoms with Crippen molar-refractivity contribution >= 4 is 35.1 Å². The van der Waals surface area contributed by atoms with Gasteiger partial charge in [-0.15, -0.1) is 0 Å². The van der Waals surface area contributed by atoms with Gasteiger partial charge in [-0.3, -0.25) is 14.4 Å². The van der Waals surface area contributed by atoms with Gasteiger partial charge in [0.25, 0.3) is 11.8 Å². The lowest BCUT2D eigenvalue weighted by molar-refractivity contribution is -0.121. The zero-order valence-corrected chi connectivity index (χ0v) is 18.7. The number of anilines is 2. The largest absolute Gasteiger partial charge is 0.452 e. The van der Waals surface area contributed by atoms with E-state index in [9.17, 15) is 19.2 Å². The minimum absolute atomic E-state index is 0.0439. The molecule has 0 fully saturated rings. The predicted molar refractivity (Wildman–Crippen MR) is 129 cm³/mol. The second-order valence-electron chi connectivity index (χ2n) is 7.42. The van der Waals surface area contributed by atoms with Crippen molar-refractivity contribution in [2.24, 2.45) is 5.73 Å². The second kappa shape index (κ2) is 11.4. The van der Waals surface area contributed by atoms with Crippen LogP contribution in [-0.4, -0.2) is 43.9 Å². The fraction of sp³-hybridized carbons (Fsp3) is 0.154. The molecule has 0 radical (unpaired) electrons. The summed E-state index contributed by atoms with van der Waals surface area (Å²) >= 11 is 0. The highest BCUT2D eigenvalue weighted by Crippen LogP contribution is 2.19. The third-order valence-corrected chi connectivity index (χ3v) is 5.10. The molecule has 8 heteroatoms. The molecule has 0 unspecified atom stereocenters. The molecule has 34 heavy (non-hydrogen) atoms. The Hall–Kier alpha value is -4.46. The Labute approximate surface area is 197 Å². The Morgan fingerprint density at radius 2 is 1.29 bits per heavy atom. The van der Waals surface area contributed by atoms with E-state index >= 15 is 0 Å². The SMILES string of the molecule is CN(C(=O)c1ccccc1C(=O)OCC(=O)N(CCC(N)=O)c1ccccc1)c1ccccc1. The summed E-state index contributed by atoms with van der Waals surface area (Å²) < 4.78 is 5.26. The molecule has 3 amide bonds. The fourth-order valence-electron chi connectivity index (χ4n) is 3.31. The maximum atomic E-state index is 13.0. The number of nitrogens with two attached hydrogens (primary N) is 1. The summed E-state index contributed by atoms with van der Waals surface area (Å²) in [4.78, 5) is 52.7. The molecule has 0 aliphatic rings. The Bertz CT molecular complexity index is 1170. The van der Waals surface area contributed by atoms with Gasteiger partial charge in [0, 0.05) is 31.4 Å². The number of carbonyl (C=O) groups excluding carboxylic acids is 4. The molecule has 0 heterocycles. The first-order chi connectivity index (χ1) is 16.4. The fourth-order valence-corrected chi connectivity index (χ4v) is 3.31. The number of carbonyl (C=O) groups is 4. The highest BCUT2D eigenvalue weighted by Gasteiger charge is 2.23. The molecule has 0 aromatic heterocycles. The normalized spacial score (nSPS) is 10.3. The average molecular weight is 460 g/mol. The van der Waals surface area contributed by atoms with E-state index in [0.29, 0.717) is 11.4 Å².